The highest BCUT2D eigenvalue weighted by atomic mass is 16.3. The number of hydrogen-bond donors (Lipinski definition) is 2. The molecule has 4 heteroatoms. The van der Waals surface area contributed by atoms with Crippen LogP contribution in [-0.2, 0) is 6.54 Å². The molecule has 1 aromatic heterocycles. The monoisotopic (exact) mass is 207 g/mol. The van der Waals surface area contributed by atoms with Crippen LogP contribution in [0.25, 0.3) is 0 Å². The molecule has 1 atom stereocenters. The second-order valence-corrected chi connectivity index (χ2v) is 3.97. The lowest BCUT2D eigenvalue weighted by atomic mass is 10.1. The van der Waals surface area contributed by atoms with E-state index in [4.69, 9.17) is 5.73 Å². The molecular formula is C11H17N3O. The van der Waals surface area contributed by atoms with E-state index in [1.165, 1.54) is 0 Å². The molecule has 2 rings (SSSR count). The largest absolute Gasteiger partial charge is 0.391 e. The Labute approximate surface area is 89.7 Å². The lowest BCUT2D eigenvalue weighted by Crippen LogP contribution is -2.38. The minimum atomic E-state index is -0.220. The van der Waals surface area contributed by atoms with Gasteiger partial charge in [-0.25, -0.2) is 4.98 Å². The van der Waals surface area contributed by atoms with Crippen LogP contribution in [0.3, 0.4) is 0 Å². The molecular weight excluding hydrogens is 190 g/mol. The van der Waals surface area contributed by atoms with E-state index in [2.05, 4.69) is 9.88 Å². The van der Waals surface area contributed by atoms with Gasteiger partial charge < -0.3 is 15.7 Å². The number of aliphatic hydroxyl groups is 1. The Morgan fingerprint density at radius 2 is 2.47 bits per heavy atom. The third kappa shape index (κ3) is 2.46. The van der Waals surface area contributed by atoms with Gasteiger partial charge in [-0.15, -0.1) is 0 Å². The summed E-state index contributed by atoms with van der Waals surface area (Å²) in [5, 5.41) is 9.57. The fourth-order valence-electron chi connectivity index (χ4n) is 1.92. The maximum Gasteiger partial charge on any atom is 0.128 e. The summed E-state index contributed by atoms with van der Waals surface area (Å²) in [5.41, 5.74) is 6.66. The predicted molar refractivity (Wildman–Crippen MR) is 59.6 cm³/mol. The van der Waals surface area contributed by atoms with Crippen LogP contribution in [0, 0.1) is 0 Å². The summed E-state index contributed by atoms with van der Waals surface area (Å²) in [7, 11) is 0. The van der Waals surface area contributed by atoms with E-state index in [9.17, 15) is 5.11 Å². The fourth-order valence-corrected chi connectivity index (χ4v) is 1.92. The van der Waals surface area contributed by atoms with Crippen molar-refractivity contribution >= 4 is 5.82 Å². The molecule has 1 saturated heterocycles. The molecule has 2 heterocycles. The molecule has 0 spiro atoms. The molecule has 1 aliphatic heterocycles. The van der Waals surface area contributed by atoms with Gasteiger partial charge in [-0.05, 0) is 30.5 Å². The molecule has 0 bridgehead atoms. The predicted octanol–water partition coefficient (Wildman–Crippen LogP) is 0.501. The Morgan fingerprint density at radius 1 is 1.60 bits per heavy atom. The van der Waals surface area contributed by atoms with Gasteiger partial charge in [-0.3, -0.25) is 0 Å². The molecule has 15 heavy (non-hydrogen) atoms. The smallest absolute Gasteiger partial charge is 0.128 e. The lowest BCUT2D eigenvalue weighted by molar-refractivity contribution is 0.154. The molecule has 4 nitrogen and oxygen atoms in total. The number of pyridine rings is 1. The lowest BCUT2D eigenvalue weighted by Gasteiger charge is -2.31. The van der Waals surface area contributed by atoms with Crippen molar-refractivity contribution in [3.05, 3.63) is 23.9 Å². The van der Waals surface area contributed by atoms with Crippen molar-refractivity contribution in [1.82, 2.24) is 4.98 Å². The van der Waals surface area contributed by atoms with Gasteiger partial charge in [0.1, 0.15) is 5.82 Å². The standard InChI is InChI=1S/C11H17N3O/c12-7-9-3-4-13-11(6-9)14-5-1-2-10(15)8-14/h3-4,6,10,15H,1-2,5,7-8,12H2/t10-/m1/s1. The SMILES string of the molecule is NCc1ccnc(N2CCC[C@@H](O)C2)c1. The molecule has 1 fully saturated rings. The van der Waals surface area contributed by atoms with E-state index < -0.39 is 0 Å². The van der Waals surface area contributed by atoms with E-state index in [0.717, 1.165) is 30.8 Å². The van der Waals surface area contributed by atoms with Gasteiger partial charge in [-0.1, -0.05) is 0 Å². The van der Waals surface area contributed by atoms with Gasteiger partial charge in [0.2, 0.25) is 0 Å². The first-order valence-corrected chi connectivity index (χ1v) is 5.37. The number of rotatable bonds is 2. The Balaban J connectivity index is 2.13. The number of aliphatic hydroxyl groups excluding tert-OH is 1. The van der Waals surface area contributed by atoms with Crippen LogP contribution in [0.2, 0.25) is 0 Å². The summed E-state index contributed by atoms with van der Waals surface area (Å²) in [6.07, 6.45) is 3.48. The summed E-state index contributed by atoms with van der Waals surface area (Å²) in [6.45, 7) is 2.19. The molecule has 1 aromatic rings. The third-order valence-electron chi connectivity index (χ3n) is 2.77. The quantitative estimate of drug-likeness (QED) is 0.741. The van der Waals surface area contributed by atoms with Crippen molar-refractivity contribution in [3.8, 4) is 0 Å². The van der Waals surface area contributed by atoms with Crippen LogP contribution in [-0.4, -0.2) is 29.3 Å². The van der Waals surface area contributed by atoms with Crippen LogP contribution in [0.15, 0.2) is 18.3 Å². The van der Waals surface area contributed by atoms with E-state index in [1.54, 1.807) is 6.20 Å². The molecule has 0 radical (unpaired) electrons. The summed E-state index contributed by atoms with van der Waals surface area (Å²) in [6, 6.07) is 3.92. The average Bonchev–Trinajstić information content (AvgIpc) is 2.29. The van der Waals surface area contributed by atoms with Gasteiger partial charge in [0.25, 0.3) is 0 Å². The molecule has 1 aliphatic rings. The minimum Gasteiger partial charge on any atom is -0.391 e. The Kier molecular flexibility index (Phi) is 3.18. The van der Waals surface area contributed by atoms with E-state index in [0.29, 0.717) is 13.1 Å². The first-order valence-electron chi connectivity index (χ1n) is 5.37. The van der Waals surface area contributed by atoms with Crippen LogP contribution in [0.5, 0.6) is 0 Å². The molecule has 0 unspecified atom stereocenters. The summed E-state index contributed by atoms with van der Waals surface area (Å²) < 4.78 is 0. The number of β-amino-alcohol motifs (C(OH)–C–C–N with tert-alkyl or cyclic N) is 1. The second kappa shape index (κ2) is 4.59. The average molecular weight is 207 g/mol. The van der Waals surface area contributed by atoms with Crippen molar-refractivity contribution in [3.63, 3.8) is 0 Å². The summed E-state index contributed by atoms with van der Waals surface area (Å²) in [4.78, 5) is 6.42. The van der Waals surface area contributed by atoms with Crippen LogP contribution >= 0.6 is 0 Å². The van der Waals surface area contributed by atoms with Gasteiger partial charge >= 0.3 is 0 Å². The maximum absolute atomic E-state index is 9.57. The molecule has 0 saturated carbocycles. The Bertz CT molecular complexity index is 329. The van der Waals surface area contributed by atoms with Crippen molar-refractivity contribution in [2.24, 2.45) is 5.73 Å². The zero-order chi connectivity index (χ0) is 10.7. The number of anilines is 1. The topological polar surface area (TPSA) is 62.4 Å². The van der Waals surface area contributed by atoms with Crippen molar-refractivity contribution in [1.29, 1.82) is 0 Å². The number of piperidine rings is 1. The maximum atomic E-state index is 9.57. The zero-order valence-electron chi connectivity index (χ0n) is 8.76. The van der Waals surface area contributed by atoms with Crippen molar-refractivity contribution in [2.45, 2.75) is 25.5 Å². The van der Waals surface area contributed by atoms with Crippen LogP contribution < -0.4 is 10.6 Å². The molecule has 0 aromatic carbocycles. The first kappa shape index (κ1) is 10.4. The highest BCUT2D eigenvalue weighted by Gasteiger charge is 2.18. The van der Waals surface area contributed by atoms with E-state index in [1.807, 2.05) is 12.1 Å². The minimum absolute atomic E-state index is 0.220. The van der Waals surface area contributed by atoms with Gasteiger partial charge in [-0.2, -0.15) is 0 Å². The zero-order valence-corrected chi connectivity index (χ0v) is 8.76. The number of nitrogens with zero attached hydrogens (tertiary/aromatic N) is 2. The summed E-state index contributed by atoms with van der Waals surface area (Å²) in [5.74, 6) is 0.928. The van der Waals surface area contributed by atoms with Crippen LogP contribution in [0.1, 0.15) is 18.4 Å². The molecule has 0 amide bonds. The van der Waals surface area contributed by atoms with E-state index in [-0.39, 0.29) is 6.10 Å². The second-order valence-electron chi connectivity index (χ2n) is 3.97. The highest BCUT2D eigenvalue weighted by molar-refractivity contribution is 5.41. The van der Waals surface area contributed by atoms with Gasteiger partial charge in [0.15, 0.2) is 0 Å². The molecule has 0 aliphatic carbocycles. The van der Waals surface area contributed by atoms with Gasteiger partial charge in [0.05, 0.1) is 6.10 Å². The Morgan fingerprint density at radius 3 is 3.20 bits per heavy atom. The van der Waals surface area contributed by atoms with E-state index >= 15 is 0 Å². The van der Waals surface area contributed by atoms with Crippen molar-refractivity contribution in [2.75, 3.05) is 18.0 Å². The van der Waals surface area contributed by atoms with Gasteiger partial charge in [0, 0.05) is 25.8 Å². The number of nitrogens with two attached hydrogens (primary N) is 1. The van der Waals surface area contributed by atoms with Crippen LogP contribution in [0.4, 0.5) is 5.82 Å². The normalized spacial score (nSPS) is 21.7. The third-order valence-corrected chi connectivity index (χ3v) is 2.77. The molecule has 82 valence electrons. The number of aromatic nitrogens is 1. The Hall–Kier alpha value is -1.13. The van der Waals surface area contributed by atoms with Crippen molar-refractivity contribution < 1.29 is 5.11 Å². The molecule has 3 N–H and O–H groups in total. The first-order chi connectivity index (χ1) is 7.29. The summed E-state index contributed by atoms with van der Waals surface area (Å²) >= 11 is 0. The number of hydrogen-bond acceptors (Lipinski definition) is 4. The highest BCUT2D eigenvalue weighted by Crippen LogP contribution is 2.18. The fraction of sp³-hybridized carbons (Fsp3) is 0.545.